The highest BCUT2D eigenvalue weighted by atomic mass is 16.2. The second kappa shape index (κ2) is 8.64. The van der Waals surface area contributed by atoms with Gasteiger partial charge in [-0.1, -0.05) is 12.5 Å². The van der Waals surface area contributed by atoms with Crippen LogP contribution in [0.5, 0.6) is 0 Å². The van der Waals surface area contributed by atoms with Crippen LogP contribution in [0, 0.1) is 0 Å². The van der Waals surface area contributed by atoms with Gasteiger partial charge >= 0.3 is 0 Å². The van der Waals surface area contributed by atoms with Gasteiger partial charge in [-0.2, -0.15) is 0 Å². The van der Waals surface area contributed by atoms with Crippen molar-refractivity contribution in [3.8, 4) is 0 Å². The number of aromatic nitrogens is 1. The van der Waals surface area contributed by atoms with Crippen molar-refractivity contribution in [2.75, 3.05) is 20.1 Å². The summed E-state index contributed by atoms with van der Waals surface area (Å²) in [4.78, 5) is 17.8. The van der Waals surface area contributed by atoms with Crippen molar-refractivity contribution in [3.63, 3.8) is 0 Å². The minimum Gasteiger partial charge on any atom is -0.345 e. The molecule has 0 aliphatic carbocycles. The number of likely N-dealkylation sites (N-methyl/N-ethyl adjacent to an activating group) is 1. The Morgan fingerprint density at radius 1 is 1.33 bits per heavy atom. The van der Waals surface area contributed by atoms with Crippen molar-refractivity contribution >= 4 is 5.91 Å². The van der Waals surface area contributed by atoms with Crippen LogP contribution in [0.1, 0.15) is 31.4 Å². The number of nitrogens with two attached hydrogens (primary N) is 1. The van der Waals surface area contributed by atoms with Gasteiger partial charge in [-0.25, -0.2) is 0 Å². The van der Waals surface area contributed by atoms with Crippen LogP contribution in [0.4, 0.5) is 0 Å². The quantitative estimate of drug-likeness (QED) is 0.712. The number of pyridine rings is 1. The molecule has 1 rings (SSSR count). The molecule has 0 radical (unpaired) electrons. The number of carbonyl (C=O) groups excluding carboxylic acids is 1. The van der Waals surface area contributed by atoms with E-state index in [-0.39, 0.29) is 5.91 Å². The van der Waals surface area contributed by atoms with E-state index in [1.165, 1.54) is 0 Å². The van der Waals surface area contributed by atoms with Gasteiger partial charge in [0.05, 0.1) is 0 Å². The Hall–Kier alpha value is -1.42. The summed E-state index contributed by atoms with van der Waals surface area (Å²) in [5.41, 5.74) is 6.44. The van der Waals surface area contributed by atoms with Crippen molar-refractivity contribution in [2.24, 2.45) is 5.73 Å². The topological polar surface area (TPSA) is 59.2 Å². The minimum atomic E-state index is 0.211. The molecule has 4 heteroatoms. The van der Waals surface area contributed by atoms with Crippen LogP contribution in [0.25, 0.3) is 0 Å². The predicted octanol–water partition coefficient (Wildman–Crippen LogP) is 1.60. The van der Waals surface area contributed by atoms with Gasteiger partial charge < -0.3 is 10.6 Å². The molecule has 0 atom stereocenters. The number of amides is 1. The van der Waals surface area contributed by atoms with Gasteiger partial charge in [0.1, 0.15) is 0 Å². The first-order valence-electron chi connectivity index (χ1n) is 6.58. The normalized spacial score (nSPS) is 10.3. The zero-order chi connectivity index (χ0) is 13.2. The van der Waals surface area contributed by atoms with Crippen molar-refractivity contribution < 1.29 is 4.79 Å². The first kappa shape index (κ1) is 14.6. The predicted molar refractivity (Wildman–Crippen MR) is 73.1 cm³/mol. The van der Waals surface area contributed by atoms with Crippen LogP contribution in [0.15, 0.2) is 24.4 Å². The Morgan fingerprint density at radius 3 is 2.83 bits per heavy atom. The monoisotopic (exact) mass is 249 g/mol. The Labute approximate surface area is 109 Å². The van der Waals surface area contributed by atoms with Gasteiger partial charge in [0.2, 0.25) is 5.91 Å². The SMILES string of the molecule is CN(CCc1ccccn1)C(=O)CCCCCN. The third-order valence-corrected chi connectivity index (χ3v) is 2.95. The minimum absolute atomic E-state index is 0.211. The zero-order valence-electron chi connectivity index (χ0n) is 11.1. The van der Waals surface area contributed by atoms with Gasteiger partial charge in [0.25, 0.3) is 0 Å². The van der Waals surface area contributed by atoms with E-state index in [9.17, 15) is 4.79 Å². The number of unbranched alkanes of at least 4 members (excludes halogenated alkanes) is 2. The zero-order valence-corrected chi connectivity index (χ0v) is 11.1. The maximum absolute atomic E-state index is 11.8. The van der Waals surface area contributed by atoms with E-state index in [2.05, 4.69) is 4.98 Å². The Morgan fingerprint density at radius 2 is 2.17 bits per heavy atom. The van der Waals surface area contributed by atoms with Gasteiger partial charge in [-0.05, 0) is 31.5 Å². The molecule has 0 bridgehead atoms. The molecule has 0 unspecified atom stereocenters. The number of hydrogen-bond donors (Lipinski definition) is 1. The van der Waals surface area contributed by atoms with E-state index in [4.69, 9.17) is 5.73 Å². The van der Waals surface area contributed by atoms with Crippen LogP contribution < -0.4 is 5.73 Å². The molecule has 0 spiro atoms. The van der Waals surface area contributed by atoms with Crippen molar-refractivity contribution in [3.05, 3.63) is 30.1 Å². The van der Waals surface area contributed by atoms with Crippen molar-refractivity contribution in [2.45, 2.75) is 32.1 Å². The average Bonchev–Trinajstić information content (AvgIpc) is 2.42. The summed E-state index contributed by atoms with van der Waals surface area (Å²) in [7, 11) is 1.86. The van der Waals surface area contributed by atoms with Gasteiger partial charge in [0, 0.05) is 38.3 Å². The molecule has 1 heterocycles. The lowest BCUT2D eigenvalue weighted by molar-refractivity contribution is -0.130. The summed E-state index contributed by atoms with van der Waals surface area (Å²) >= 11 is 0. The Bertz CT molecular complexity index is 340. The maximum atomic E-state index is 11.8. The number of hydrogen-bond acceptors (Lipinski definition) is 3. The molecule has 1 amide bonds. The summed E-state index contributed by atoms with van der Waals surface area (Å²) in [5, 5.41) is 0. The third-order valence-electron chi connectivity index (χ3n) is 2.95. The van der Waals surface area contributed by atoms with Crippen LogP contribution >= 0.6 is 0 Å². The molecule has 0 fully saturated rings. The fourth-order valence-electron chi connectivity index (χ4n) is 1.74. The van der Waals surface area contributed by atoms with E-state index < -0.39 is 0 Å². The number of nitrogens with zero attached hydrogens (tertiary/aromatic N) is 2. The largest absolute Gasteiger partial charge is 0.345 e. The molecule has 0 aromatic carbocycles. The molecule has 2 N–H and O–H groups in total. The molecule has 100 valence electrons. The molecule has 1 aromatic heterocycles. The van der Waals surface area contributed by atoms with Crippen LogP contribution in [0.2, 0.25) is 0 Å². The van der Waals surface area contributed by atoms with Gasteiger partial charge in [0.15, 0.2) is 0 Å². The molecule has 0 aliphatic rings. The fourth-order valence-corrected chi connectivity index (χ4v) is 1.74. The summed E-state index contributed by atoms with van der Waals surface area (Å²) < 4.78 is 0. The van der Waals surface area contributed by atoms with E-state index in [0.29, 0.717) is 13.0 Å². The Kier molecular flexibility index (Phi) is 7.03. The van der Waals surface area contributed by atoms with Crippen LogP contribution in [0.3, 0.4) is 0 Å². The summed E-state index contributed by atoms with van der Waals surface area (Å²) in [6, 6.07) is 5.85. The molecule has 0 saturated carbocycles. The smallest absolute Gasteiger partial charge is 0.222 e. The molecular formula is C14H23N3O. The van der Waals surface area contributed by atoms with Crippen molar-refractivity contribution in [1.82, 2.24) is 9.88 Å². The second-order valence-electron chi connectivity index (χ2n) is 4.49. The molecule has 4 nitrogen and oxygen atoms in total. The molecule has 18 heavy (non-hydrogen) atoms. The highest BCUT2D eigenvalue weighted by Gasteiger charge is 2.08. The van der Waals surface area contributed by atoms with E-state index >= 15 is 0 Å². The van der Waals surface area contributed by atoms with Gasteiger partial charge in [-0.15, -0.1) is 0 Å². The van der Waals surface area contributed by atoms with Gasteiger partial charge in [-0.3, -0.25) is 9.78 Å². The lowest BCUT2D eigenvalue weighted by Gasteiger charge is -2.16. The van der Waals surface area contributed by atoms with Crippen LogP contribution in [-0.4, -0.2) is 35.9 Å². The van der Waals surface area contributed by atoms with E-state index in [1.54, 1.807) is 11.1 Å². The fraction of sp³-hybridized carbons (Fsp3) is 0.571. The van der Waals surface area contributed by atoms with Crippen molar-refractivity contribution in [1.29, 1.82) is 0 Å². The third kappa shape index (κ3) is 5.77. The molecule has 0 aliphatic heterocycles. The molecule has 0 saturated heterocycles. The maximum Gasteiger partial charge on any atom is 0.222 e. The number of rotatable bonds is 8. The van der Waals surface area contributed by atoms with E-state index in [1.807, 2.05) is 25.2 Å². The molecule has 1 aromatic rings. The second-order valence-corrected chi connectivity index (χ2v) is 4.49. The summed E-state index contributed by atoms with van der Waals surface area (Å²) in [6.45, 7) is 1.44. The Balaban J connectivity index is 2.19. The summed E-state index contributed by atoms with van der Waals surface area (Å²) in [5.74, 6) is 0.211. The lowest BCUT2D eigenvalue weighted by atomic mass is 10.2. The van der Waals surface area contributed by atoms with E-state index in [0.717, 1.165) is 37.9 Å². The first-order valence-corrected chi connectivity index (χ1v) is 6.58. The first-order chi connectivity index (χ1) is 8.74. The standard InChI is InChI=1S/C14H23N3O/c1-17(14(18)8-3-2-5-10-15)12-9-13-7-4-6-11-16-13/h4,6-7,11H,2-3,5,8-10,12,15H2,1H3. The highest BCUT2D eigenvalue weighted by Crippen LogP contribution is 2.03. The number of carbonyl (C=O) groups is 1. The van der Waals surface area contributed by atoms with Crippen LogP contribution in [-0.2, 0) is 11.2 Å². The molecular weight excluding hydrogens is 226 g/mol. The highest BCUT2D eigenvalue weighted by molar-refractivity contribution is 5.75. The summed E-state index contributed by atoms with van der Waals surface area (Å²) in [6.07, 6.45) is 6.19. The average molecular weight is 249 g/mol. The lowest BCUT2D eigenvalue weighted by Crippen LogP contribution is -2.28.